The minimum atomic E-state index is -4.39. The Morgan fingerprint density at radius 2 is 1.92 bits per heavy atom. The van der Waals surface area contributed by atoms with Crippen molar-refractivity contribution in [1.29, 1.82) is 0 Å². The Morgan fingerprint density at radius 1 is 1.28 bits per heavy atom. The smallest absolute Gasteiger partial charge is 0.416 e. The lowest BCUT2D eigenvalue weighted by Gasteiger charge is -2.36. The number of carbonyl (C=O) groups excluding carboxylic acids is 1. The molecule has 1 aliphatic heterocycles. The Balaban J connectivity index is 1.37. The zero-order valence-corrected chi connectivity index (χ0v) is 20.3. The fourth-order valence-corrected chi connectivity index (χ4v) is 4.22. The van der Waals surface area contributed by atoms with Crippen LogP contribution < -0.4 is 5.32 Å². The summed E-state index contributed by atoms with van der Waals surface area (Å²) in [6, 6.07) is 4.77. The number of halogens is 4. The number of amides is 1. The van der Waals surface area contributed by atoms with E-state index >= 15 is 0 Å². The number of aromatic nitrogens is 2. The molecule has 0 unspecified atom stereocenters. The van der Waals surface area contributed by atoms with Crippen LogP contribution in [0.4, 0.5) is 23.8 Å². The molecule has 1 atom stereocenters. The summed E-state index contributed by atoms with van der Waals surface area (Å²) < 4.78 is 44.6. The fraction of sp³-hybridized carbons (Fsp3) is 0.545. The molecule has 3 rings (SSSR count). The first-order valence-electron chi connectivity index (χ1n) is 11.2. The maximum Gasteiger partial charge on any atom is 0.416 e. The molecule has 1 saturated heterocycles. The number of alkyl halides is 3. The van der Waals surface area contributed by atoms with Gasteiger partial charge in [0.25, 0.3) is 0 Å². The van der Waals surface area contributed by atoms with Crippen LogP contribution in [-0.4, -0.2) is 68.5 Å². The van der Waals surface area contributed by atoms with Gasteiger partial charge in [0.15, 0.2) is 0 Å². The topological polar surface area (TPSA) is 123 Å². The van der Waals surface area contributed by atoms with E-state index in [9.17, 15) is 33.2 Å². The van der Waals surface area contributed by atoms with Crippen molar-refractivity contribution < 1.29 is 32.7 Å². The van der Waals surface area contributed by atoms with E-state index in [2.05, 4.69) is 10.3 Å². The third-order valence-corrected chi connectivity index (χ3v) is 6.05. The first-order chi connectivity index (χ1) is 16.8. The van der Waals surface area contributed by atoms with Crippen molar-refractivity contribution in [3.63, 3.8) is 0 Å². The maximum atomic E-state index is 12.6. The van der Waals surface area contributed by atoms with Gasteiger partial charge in [0.05, 0.1) is 17.7 Å². The van der Waals surface area contributed by atoms with Gasteiger partial charge in [-0.25, -0.2) is 4.79 Å². The van der Waals surface area contributed by atoms with Gasteiger partial charge >= 0.3 is 23.4 Å². The molecule has 0 radical (unpaired) electrons. The lowest BCUT2D eigenvalue weighted by molar-refractivity contribution is -0.389. The van der Waals surface area contributed by atoms with E-state index in [4.69, 9.17) is 16.3 Å². The van der Waals surface area contributed by atoms with Crippen molar-refractivity contribution in [2.24, 2.45) is 0 Å². The van der Waals surface area contributed by atoms with Gasteiger partial charge < -0.3 is 30.2 Å². The molecule has 1 fully saturated rings. The second kappa shape index (κ2) is 11.4. The minimum absolute atomic E-state index is 0.0183. The summed E-state index contributed by atoms with van der Waals surface area (Å²) in [4.78, 5) is 27.9. The van der Waals surface area contributed by atoms with Crippen LogP contribution in [0.1, 0.15) is 30.9 Å². The van der Waals surface area contributed by atoms with Crippen LogP contribution in [0.2, 0.25) is 5.28 Å². The van der Waals surface area contributed by atoms with E-state index in [1.807, 2.05) is 4.90 Å². The second-order valence-electron chi connectivity index (χ2n) is 9.00. The molecule has 1 aromatic carbocycles. The number of piperidine rings is 1. The highest BCUT2D eigenvalue weighted by atomic mass is 35.5. The largest absolute Gasteiger partial charge is 0.446 e. The van der Waals surface area contributed by atoms with Crippen molar-refractivity contribution in [2.45, 2.75) is 50.6 Å². The first-order valence-corrected chi connectivity index (χ1v) is 11.6. The molecule has 0 spiro atoms. The van der Waals surface area contributed by atoms with Gasteiger partial charge in [0.2, 0.25) is 0 Å². The van der Waals surface area contributed by atoms with Gasteiger partial charge in [-0.3, -0.25) is 4.57 Å². The van der Waals surface area contributed by atoms with E-state index in [1.165, 1.54) is 22.9 Å². The number of imidazole rings is 1. The lowest BCUT2D eigenvalue weighted by Crippen LogP contribution is -2.48. The molecular formula is C22H27ClF3N5O5. The van der Waals surface area contributed by atoms with E-state index in [0.717, 1.165) is 12.1 Å². The van der Waals surface area contributed by atoms with Gasteiger partial charge in [0, 0.05) is 26.2 Å². The Bertz CT molecular complexity index is 1050. The molecule has 0 aliphatic carbocycles. The highest BCUT2D eigenvalue weighted by molar-refractivity contribution is 6.28. The minimum Gasteiger partial charge on any atom is -0.446 e. The summed E-state index contributed by atoms with van der Waals surface area (Å²) in [5.74, 6) is -0.397. The molecule has 1 amide bonds. The Kier molecular flexibility index (Phi) is 8.80. The number of benzene rings is 1. The summed E-state index contributed by atoms with van der Waals surface area (Å²) in [6.45, 7) is 3.25. The monoisotopic (exact) mass is 533 g/mol. The van der Waals surface area contributed by atoms with Crippen LogP contribution in [0.15, 0.2) is 30.5 Å². The highest BCUT2D eigenvalue weighted by Crippen LogP contribution is 2.29. The van der Waals surface area contributed by atoms with Gasteiger partial charge in [-0.15, -0.1) is 0 Å². The number of β-amino-alcohol motifs (C(OH)–C–C–N with tert-alkyl or cyclic N) is 1. The van der Waals surface area contributed by atoms with E-state index < -0.39 is 34.2 Å². The van der Waals surface area contributed by atoms with Crippen LogP contribution in [0, 0.1) is 10.1 Å². The molecule has 2 N–H and O–H groups in total. The van der Waals surface area contributed by atoms with Gasteiger partial charge in [-0.2, -0.15) is 13.2 Å². The Morgan fingerprint density at radius 3 is 2.47 bits per heavy atom. The number of carbonyl (C=O) groups is 1. The molecule has 2 aromatic rings. The molecular weight excluding hydrogens is 507 g/mol. The average Bonchev–Trinajstić information content (AvgIpc) is 3.14. The number of aliphatic hydroxyl groups is 1. The zero-order chi connectivity index (χ0) is 26.5. The third-order valence-electron chi connectivity index (χ3n) is 5.75. The SMILES string of the molecule is C[C@](O)(CN1CCC(OC(=O)NCCc2ccc(C(F)(F)F)cc2)CC1)Cn1cc([N+](=O)[O-])nc1Cl. The predicted octanol–water partition coefficient (Wildman–Crippen LogP) is 3.65. The Hall–Kier alpha value is -2.90. The molecule has 10 nitrogen and oxygen atoms in total. The zero-order valence-electron chi connectivity index (χ0n) is 19.5. The Labute approximate surface area is 210 Å². The molecule has 2 heterocycles. The van der Waals surface area contributed by atoms with Crippen molar-refractivity contribution in [1.82, 2.24) is 19.8 Å². The normalized spacial score (nSPS) is 16.9. The molecule has 198 valence electrons. The third kappa shape index (κ3) is 8.07. The van der Waals surface area contributed by atoms with Crippen LogP contribution in [-0.2, 0) is 23.9 Å². The van der Waals surface area contributed by atoms with E-state index in [1.54, 1.807) is 6.92 Å². The second-order valence-corrected chi connectivity index (χ2v) is 9.34. The molecule has 0 bridgehead atoms. The number of rotatable bonds is 9. The number of hydrogen-bond donors (Lipinski definition) is 2. The number of alkyl carbamates (subject to hydrolysis) is 1. The predicted molar refractivity (Wildman–Crippen MR) is 124 cm³/mol. The maximum absolute atomic E-state index is 12.6. The summed E-state index contributed by atoms with van der Waals surface area (Å²) in [7, 11) is 0. The summed E-state index contributed by atoms with van der Waals surface area (Å²) in [6.07, 6.45) is -2.63. The van der Waals surface area contributed by atoms with Crippen molar-refractivity contribution in [3.8, 4) is 0 Å². The number of nitrogens with one attached hydrogen (secondary N) is 1. The van der Waals surface area contributed by atoms with Crippen molar-refractivity contribution in [2.75, 3.05) is 26.2 Å². The van der Waals surface area contributed by atoms with E-state index in [0.29, 0.717) is 37.9 Å². The fourth-order valence-electron chi connectivity index (χ4n) is 4.03. The molecule has 14 heteroatoms. The van der Waals surface area contributed by atoms with Gasteiger partial charge in [-0.1, -0.05) is 12.1 Å². The van der Waals surface area contributed by atoms with Crippen molar-refractivity contribution >= 4 is 23.5 Å². The summed E-state index contributed by atoms with van der Waals surface area (Å²) in [5.41, 5.74) is -1.29. The number of nitrogens with zero attached hydrogens (tertiary/aromatic N) is 4. The number of ether oxygens (including phenoxy) is 1. The van der Waals surface area contributed by atoms with Gasteiger partial charge in [-0.05, 0) is 65.4 Å². The molecule has 36 heavy (non-hydrogen) atoms. The molecule has 0 saturated carbocycles. The summed E-state index contributed by atoms with van der Waals surface area (Å²) >= 11 is 5.93. The molecule has 1 aromatic heterocycles. The van der Waals surface area contributed by atoms with Crippen LogP contribution in [0.3, 0.4) is 0 Å². The average molecular weight is 534 g/mol. The van der Waals surface area contributed by atoms with Crippen LogP contribution in [0.5, 0.6) is 0 Å². The number of likely N-dealkylation sites (tertiary alicyclic amines) is 1. The van der Waals surface area contributed by atoms with Crippen molar-refractivity contribution in [3.05, 3.63) is 57.0 Å². The lowest BCUT2D eigenvalue weighted by atomic mass is 10.0. The quantitative estimate of drug-likeness (QED) is 0.372. The number of hydrogen-bond acceptors (Lipinski definition) is 7. The first kappa shape index (κ1) is 27.7. The highest BCUT2D eigenvalue weighted by Gasteiger charge is 2.31. The van der Waals surface area contributed by atoms with Crippen LogP contribution >= 0.6 is 11.6 Å². The van der Waals surface area contributed by atoms with Gasteiger partial charge in [0.1, 0.15) is 12.3 Å². The number of nitro groups is 1. The van der Waals surface area contributed by atoms with E-state index in [-0.39, 0.29) is 31.0 Å². The molecule has 1 aliphatic rings. The standard InChI is InChI=1S/C22H27ClF3N5O5/c1-21(33,14-30-12-18(31(34)35)28-19(30)23)13-29-10-7-17(8-11-29)36-20(32)27-9-6-15-2-4-16(5-3-15)22(24,25)26/h2-5,12,17,33H,6-11,13-14H2,1H3,(H,27,32)/t21-/m0/s1. The van der Waals surface area contributed by atoms with Crippen LogP contribution in [0.25, 0.3) is 0 Å². The summed E-state index contributed by atoms with van der Waals surface area (Å²) in [5, 5.41) is 24.2.